The quantitative estimate of drug-likeness (QED) is 0.177. The highest BCUT2D eigenvalue weighted by Crippen LogP contribution is 2.53. The molecule has 0 amide bonds. The molecule has 11 rings (SSSR count). The van der Waals surface area contributed by atoms with E-state index in [1.807, 2.05) is 72.2 Å². The standard InChI is InChI=1S/C49H32N4OS/c1-49(2)38-24-25-40-45(55-28-50-40)43(38)36-21-20-32(27-39(36)49)35-23-22-34(42-37-18-9-10-19-41(37)54-44(35)42)31-16-11-17-33(26-31)48-52-46(29-12-5-3-6-13-29)51-47(53-48)30-14-7-4-8-15-30/h3-28H,1-2H3. The van der Waals surface area contributed by atoms with Crippen molar-refractivity contribution in [3.8, 4) is 67.5 Å². The third-order valence-electron chi connectivity index (χ3n) is 11.1. The molecule has 10 aromatic rings. The van der Waals surface area contributed by atoms with Gasteiger partial charge in [0.05, 0.1) is 15.7 Å². The zero-order valence-electron chi connectivity index (χ0n) is 30.1. The lowest BCUT2D eigenvalue weighted by Crippen LogP contribution is -2.14. The van der Waals surface area contributed by atoms with E-state index < -0.39 is 0 Å². The third-order valence-corrected chi connectivity index (χ3v) is 12.0. The fourth-order valence-electron chi connectivity index (χ4n) is 8.37. The highest BCUT2D eigenvalue weighted by molar-refractivity contribution is 7.17. The molecule has 6 heteroatoms. The molecule has 1 aliphatic carbocycles. The molecular weight excluding hydrogens is 693 g/mol. The average Bonchev–Trinajstić information content (AvgIpc) is 3.94. The number of para-hydroxylation sites is 1. The van der Waals surface area contributed by atoms with E-state index in [4.69, 9.17) is 19.4 Å². The summed E-state index contributed by atoms with van der Waals surface area (Å²) in [6.45, 7) is 4.67. The van der Waals surface area contributed by atoms with Crippen molar-refractivity contribution in [3.05, 3.63) is 168 Å². The van der Waals surface area contributed by atoms with Gasteiger partial charge < -0.3 is 4.42 Å². The molecule has 0 saturated carbocycles. The summed E-state index contributed by atoms with van der Waals surface area (Å²) in [5.41, 5.74) is 17.0. The Labute approximate surface area is 321 Å². The molecule has 5 nitrogen and oxygen atoms in total. The van der Waals surface area contributed by atoms with Gasteiger partial charge in [0.1, 0.15) is 11.2 Å². The second-order valence-corrected chi connectivity index (χ2v) is 15.5. The second kappa shape index (κ2) is 12.1. The van der Waals surface area contributed by atoms with Crippen LogP contribution in [0.4, 0.5) is 0 Å². The van der Waals surface area contributed by atoms with Gasteiger partial charge in [0.2, 0.25) is 0 Å². The van der Waals surface area contributed by atoms with Gasteiger partial charge in [0.25, 0.3) is 0 Å². The molecule has 0 spiro atoms. The van der Waals surface area contributed by atoms with E-state index in [1.54, 1.807) is 11.3 Å². The lowest BCUT2D eigenvalue weighted by atomic mass is 9.81. The molecule has 1 aliphatic rings. The van der Waals surface area contributed by atoms with Gasteiger partial charge >= 0.3 is 0 Å². The molecule has 3 heterocycles. The molecular formula is C49H32N4OS. The van der Waals surface area contributed by atoms with Crippen molar-refractivity contribution in [1.82, 2.24) is 19.9 Å². The van der Waals surface area contributed by atoms with E-state index in [1.165, 1.54) is 27.0 Å². The van der Waals surface area contributed by atoms with Crippen LogP contribution in [0.2, 0.25) is 0 Å². The average molecular weight is 725 g/mol. The SMILES string of the molecule is CC1(C)c2cc(-c3ccc(-c4cccc(-c5nc(-c6ccccc6)nc(-c6ccccc6)n5)c4)c4c3oc3ccccc34)ccc2-c2c1ccc1ncsc21. The molecule has 0 bridgehead atoms. The number of aromatic nitrogens is 4. The Morgan fingerprint density at radius 3 is 1.89 bits per heavy atom. The topological polar surface area (TPSA) is 64.7 Å². The molecule has 0 saturated heterocycles. The van der Waals surface area contributed by atoms with E-state index in [9.17, 15) is 0 Å². The molecule has 7 aromatic carbocycles. The van der Waals surface area contributed by atoms with Gasteiger partial charge in [-0.3, -0.25) is 0 Å². The normalized spacial score (nSPS) is 13.1. The smallest absolute Gasteiger partial charge is 0.164 e. The molecule has 0 fully saturated rings. The Bertz CT molecular complexity index is 3070. The van der Waals surface area contributed by atoms with Gasteiger partial charge in [0, 0.05) is 44.0 Å². The van der Waals surface area contributed by atoms with Crippen LogP contribution in [-0.4, -0.2) is 19.9 Å². The number of furan rings is 1. The number of nitrogens with zero attached hydrogens (tertiary/aromatic N) is 4. The monoisotopic (exact) mass is 724 g/mol. The first kappa shape index (κ1) is 31.7. The fourth-order valence-corrected chi connectivity index (χ4v) is 9.22. The van der Waals surface area contributed by atoms with E-state index in [-0.39, 0.29) is 5.41 Å². The lowest BCUT2D eigenvalue weighted by molar-refractivity contribution is 0.660. The first-order valence-electron chi connectivity index (χ1n) is 18.5. The molecule has 0 N–H and O–H groups in total. The maximum Gasteiger partial charge on any atom is 0.164 e. The lowest BCUT2D eigenvalue weighted by Gasteiger charge is -2.22. The van der Waals surface area contributed by atoms with Crippen LogP contribution in [0, 0.1) is 0 Å². The van der Waals surface area contributed by atoms with Crippen molar-refractivity contribution in [1.29, 1.82) is 0 Å². The van der Waals surface area contributed by atoms with Crippen LogP contribution in [0.25, 0.3) is 99.7 Å². The van der Waals surface area contributed by atoms with Gasteiger partial charge in [-0.25, -0.2) is 19.9 Å². The van der Waals surface area contributed by atoms with Crippen molar-refractivity contribution >= 4 is 43.5 Å². The van der Waals surface area contributed by atoms with E-state index in [0.717, 1.165) is 66.4 Å². The summed E-state index contributed by atoms with van der Waals surface area (Å²) >= 11 is 1.72. The zero-order chi connectivity index (χ0) is 36.7. The van der Waals surface area contributed by atoms with Crippen LogP contribution in [0.5, 0.6) is 0 Å². The minimum atomic E-state index is -0.151. The third kappa shape index (κ3) is 4.99. The van der Waals surface area contributed by atoms with Crippen LogP contribution in [0.15, 0.2) is 162 Å². The van der Waals surface area contributed by atoms with E-state index in [0.29, 0.717) is 17.5 Å². The van der Waals surface area contributed by atoms with Crippen LogP contribution >= 0.6 is 11.3 Å². The maximum absolute atomic E-state index is 6.79. The van der Waals surface area contributed by atoms with Gasteiger partial charge in [-0.2, -0.15) is 0 Å². The largest absolute Gasteiger partial charge is 0.455 e. The van der Waals surface area contributed by atoms with Crippen LogP contribution in [0.3, 0.4) is 0 Å². The van der Waals surface area contributed by atoms with Crippen molar-refractivity contribution in [2.75, 3.05) is 0 Å². The number of thiazole rings is 1. The molecule has 0 unspecified atom stereocenters. The van der Waals surface area contributed by atoms with Gasteiger partial charge in [-0.15, -0.1) is 11.3 Å². The minimum Gasteiger partial charge on any atom is -0.455 e. The summed E-state index contributed by atoms with van der Waals surface area (Å²) in [7, 11) is 0. The predicted molar refractivity (Wildman–Crippen MR) is 225 cm³/mol. The number of hydrogen-bond donors (Lipinski definition) is 0. The van der Waals surface area contributed by atoms with Gasteiger partial charge in [0.15, 0.2) is 17.5 Å². The fraction of sp³-hybridized carbons (Fsp3) is 0.0612. The van der Waals surface area contributed by atoms with Crippen LogP contribution < -0.4 is 0 Å². The molecule has 0 aliphatic heterocycles. The molecule has 55 heavy (non-hydrogen) atoms. The summed E-state index contributed by atoms with van der Waals surface area (Å²) in [6.07, 6.45) is 0. The molecule has 0 radical (unpaired) electrons. The zero-order valence-corrected chi connectivity index (χ0v) is 30.9. The first-order valence-corrected chi connectivity index (χ1v) is 19.3. The summed E-state index contributed by atoms with van der Waals surface area (Å²) in [4.78, 5) is 19.6. The molecule has 0 atom stereocenters. The predicted octanol–water partition coefficient (Wildman–Crippen LogP) is 13.0. The summed E-state index contributed by atoms with van der Waals surface area (Å²) in [6, 6.07) is 52.8. The van der Waals surface area contributed by atoms with Crippen molar-refractivity contribution in [2.45, 2.75) is 19.3 Å². The Morgan fingerprint density at radius 1 is 0.509 bits per heavy atom. The van der Waals surface area contributed by atoms with Crippen molar-refractivity contribution in [3.63, 3.8) is 0 Å². The Kier molecular flexibility index (Phi) is 7.00. The van der Waals surface area contributed by atoms with Crippen LogP contribution in [-0.2, 0) is 5.41 Å². The Balaban J connectivity index is 1.07. The molecule has 3 aromatic heterocycles. The maximum atomic E-state index is 6.79. The van der Waals surface area contributed by atoms with Crippen molar-refractivity contribution < 1.29 is 4.42 Å². The summed E-state index contributed by atoms with van der Waals surface area (Å²) in [5.74, 6) is 1.90. The first-order chi connectivity index (χ1) is 27.0. The highest BCUT2D eigenvalue weighted by Gasteiger charge is 2.37. The summed E-state index contributed by atoms with van der Waals surface area (Å²) in [5, 5.41) is 2.17. The Hall–Kier alpha value is -6.76. The Morgan fingerprint density at radius 2 is 1.13 bits per heavy atom. The number of fused-ring (bicyclic) bond motifs is 8. The number of benzene rings is 7. The van der Waals surface area contributed by atoms with Gasteiger partial charge in [-0.05, 0) is 63.7 Å². The highest BCUT2D eigenvalue weighted by atomic mass is 32.1. The van der Waals surface area contributed by atoms with Crippen LogP contribution in [0.1, 0.15) is 25.0 Å². The minimum absolute atomic E-state index is 0.151. The van der Waals surface area contributed by atoms with E-state index >= 15 is 0 Å². The van der Waals surface area contributed by atoms with E-state index in [2.05, 4.69) is 104 Å². The van der Waals surface area contributed by atoms with Crippen molar-refractivity contribution in [2.24, 2.45) is 0 Å². The summed E-state index contributed by atoms with van der Waals surface area (Å²) < 4.78 is 8.04. The second-order valence-electron chi connectivity index (χ2n) is 14.7. The number of rotatable bonds is 5. The number of hydrogen-bond acceptors (Lipinski definition) is 6. The molecule has 260 valence electrons. The van der Waals surface area contributed by atoms with Gasteiger partial charge in [-0.1, -0.05) is 135 Å².